The van der Waals surface area contributed by atoms with E-state index < -0.39 is 0 Å². The van der Waals surface area contributed by atoms with E-state index in [2.05, 4.69) is 27.0 Å². The number of aromatic nitrogens is 2. The third kappa shape index (κ3) is 3.75. The molecule has 2 aliphatic rings. The zero-order valence-electron chi connectivity index (χ0n) is 17.2. The third-order valence-electron chi connectivity index (χ3n) is 6.30. The van der Waals surface area contributed by atoms with Gasteiger partial charge in [0, 0.05) is 37.1 Å². The van der Waals surface area contributed by atoms with E-state index in [1.54, 1.807) is 0 Å². The van der Waals surface area contributed by atoms with Crippen molar-refractivity contribution in [2.75, 3.05) is 31.9 Å². The Labute approximate surface area is 176 Å². The summed E-state index contributed by atoms with van der Waals surface area (Å²) in [7, 11) is 0. The molecule has 30 heavy (non-hydrogen) atoms. The molecule has 1 amide bonds. The molecule has 0 unspecified atom stereocenters. The van der Waals surface area contributed by atoms with Crippen LogP contribution in [0.15, 0.2) is 42.5 Å². The molecule has 2 aromatic carbocycles. The van der Waals surface area contributed by atoms with Crippen LogP contribution in [0.4, 0.5) is 5.82 Å². The summed E-state index contributed by atoms with van der Waals surface area (Å²) in [6, 6.07) is 14.1. The lowest BCUT2D eigenvalue weighted by atomic mass is 9.90. The molecule has 0 bridgehead atoms. The van der Waals surface area contributed by atoms with E-state index in [1.165, 1.54) is 24.0 Å². The van der Waals surface area contributed by atoms with Crippen molar-refractivity contribution in [1.82, 2.24) is 19.8 Å². The largest absolute Gasteiger partial charge is 0.383 e. The van der Waals surface area contributed by atoms with Gasteiger partial charge in [0.1, 0.15) is 11.6 Å². The molecule has 3 aromatic rings. The molecule has 2 heterocycles. The number of hydrogen-bond acceptors (Lipinski definition) is 5. The smallest absolute Gasteiger partial charge is 0.253 e. The number of nitrogens with two attached hydrogens (primary N) is 1. The van der Waals surface area contributed by atoms with E-state index in [1.807, 2.05) is 35.2 Å². The van der Waals surface area contributed by atoms with Crippen LogP contribution in [0.5, 0.6) is 0 Å². The van der Waals surface area contributed by atoms with Crippen LogP contribution >= 0.6 is 0 Å². The van der Waals surface area contributed by atoms with Crippen LogP contribution in [0.2, 0.25) is 0 Å². The number of hydrogen-bond donors (Lipinski definition) is 1. The molecule has 1 fully saturated rings. The lowest BCUT2D eigenvalue weighted by Crippen LogP contribution is -2.48. The number of rotatable bonds is 3. The quantitative estimate of drug-likeness (QED) is 0.730. The fourth-order valence-corrected chi connectivity index (χ4v) is 4.58. The van der Waals surface area contributed by atoms with E-state index in [4.69, 9.17) is 5.73 Å². The second-order valence-electron chi connectivity index (χ2n) is 8.30. The summed E-state index contributed by atoms with van der Waals surface area (Å²) in [5, 5.41) is 0.890. The number of nitrogens with zero attached hydrogens (tertiary/aromatic N) is 4. The molecular weight excluding hydrogens is 374 g/mol. The number of piperazine rings is 1. The number of nitrogen functional groups attached to an aromatic ring is 1. The highest BCUT2D eigenvalue weighted by atomic mass is 16.2. The van der Waals surface area contributed by atoms with Crippen molar-refractivity contribution >= 4 is 22.6 Å². The number of benzene rings is 2. The number of aryl methyl sites for hydroxylation is 2. The first-order valence-corrected chi connectivity index (χ1v) is 10.8. The van der Waals surface area contributed by atoms with Crippen molar-refractivity contribution in [2.24, 2.45) is 0 Å². The molecule has 1 aliphatic heterocycles. The number of carbonyl (C=O) groups excluding carboxylic acids is 1. The molecule has 0 atom stereocenters. The van der Waals surface area contributed by atoms with E-state index in [9.17, 15) is 4.79 Å². The molecule has 1 aliphatic carbocycles. The van der Waals surface area contributed by atoms with Gasteiger partial charge in [-0.15, -0.1) is 0 Å². The van der Waals surface area contributed by atoms with Gasteiger partial charge < -0.3 is 10.6 Å². The normalized spacial score (nSPS) is 17.1. The van der Waals surface area contributed by atoms with Gasteiger partial charge in [-0.3, -0.25) is 9.69 Å². The lowest BCUT2D eigenvalue weighted by molar-refractivity contribution is 0.0625. The fraction of sp³-hybridized carbons (Fsp3) is 0.375. The molecule has 2 N–H and O–H groups in total. The minimum atomic E-state index is 0.147. The number of para-hydroxylation sites is 1. The molecule has 0 radical (unpaired) electrons. The van der Waals surface area contributed by atoms with Crippen molar-refractivity contribution in [3.8, 4) is 0 Å². The Morgan fingerprint density at radius 2 is 1.70 bits per heavy atom. The Morgan fingerprint density at radius 3 is 2.53 bits per heavy atom. The Balaban J connectivity index is 1.23. The van der Waals surface area contributed by atoms with Gasteiger partial charge >= 0.3 is 0 Å². The standard InChI is InChI=1S/C24H27N5O/c25-23-20-7-3-4-8-21(20)26-22(27-23)16-28-11-13-29(14-12-28)24(30)19-10-9-17-5-1-2-6-18(17)15-19/h3-4,7-10,15H,1-2,5-6,11-14,16H2,(H2,25,26,27). The molecule has 154 valence electrons. The summed E-state index contributed by atoms with van der Waals surface area (Å²) >= 11 is 0. The van der Waals surface area contributed by atoms with Gasteiger partial charge in [-0.05, 0) is 61.1 Å². The highest BCUT2D eigenvalue weighted by molar-refractivity contribution is 5.94. The summed E-state index contributed by atoms with van der Waals surface area (Å²) in [6.07, 6.45) is 4.72. The average molecular weight is 402 g/mol. The molecule has 1 aromatic heterocycles. The second kappa shape index (κ2) is 8.03. The molecule has 6 heteroatoms. The van der Waals surface area contributed by atoms with Gasteiger partial charge in [-0.25, -0.2) is 9.97 Å². The van der Waals surface area contributed by atoms with Crippen LogP contribution in [-0.2, 0) is 19.4 Å². The maximum Gasteiger partial charge on any atom is 0.253 e. The van der Waals surface area contributed by atoms with Crippen molar-refractivity contribution in [2.45, 2.75) is 32.2 Å². The molecule has 0 saturated carbocycles. The minimum absolute atomic E-state index is 0.147. The number of anilines is 1. The zero-order chi connectivity index (χ0) is 20.5. The Kier molecular flexibility index (Phi) is 5.09. The van der Waals surface area contributed by atoms with Crippen LogP contribution in [0.25, 0.3) is 10.9 Å². The second-order valence-corrected chi connectivity index (χ2v) is 8.30. The van der Waals surface area contributed by atoms with E-state index in [0.717, 1.165) is 61.3 Å². The van der Waals surface area contributed by atoms with Gasteiger partial charge in [0.25, 0.3) is 5.91 Å². The SMILES string of the molecule is Nc1nc(CN2CCN(C(=O)c3ccc4c(c3)CCCC4)CC2)nc2ccccc12. The number of fused-ring (bicyclic) bond motifs is 2. The van der Waals surface area contributed by atoms with E-state index in [-0.39, 0.29) is 5.91 Å². The first-order chi connectivity index (χ1) is 14.7. The number of carbonyl (C=O) groups is 1. The predicted octanol–water partition coefficient (Wildman–Crippen LogP) is 3.05. The summed E-state index contributed by atoms with van der Waals surface area (Å²) in [6.45, 7) is 3.72. The molecule has 5 rings (SSSR count). The van der Waals surface area contributed by atoms with Gasteiger partial charge in [-0.1, -0.05) is 18.2 Å². The minimum Gasteiger partial charge on any atom is -0.383 e. The molecular formula is C24H27N5O. The summed E-state index contributed by atoms with van der Waals surface area (Å²) in [5.74, 6) is 1.41. The molecule has 0 spiro atoms. The maximum absolute atomic E-state index is 13.0. The predicted molar refractivity (Wildman–Crippen MR) is 118 cm³/mol. The van der Waals surface area contributed by atoms with E-state index >= 15 is 0 Å². The molecule has 1 saturated heterocycles. The third-order valence-corrected chi connectivity index (χ3v) is 6.30. The Bertz CT molecular complexity index is 1090. The lowest BCUT2D eigenvalue weighted by Gasteiger charge is -2.34. The van der Waals surface area contributed by atoms with Crippen LogP contribution in [-0.4, -0.2) is 51.9 Å². The maximum atomic E-state index is 13.0. The topological polar surface area (TPSA) is 75.3 Å². The van der Waals surface area contributed by atoms with Crippen LogP contribution in [0.3, 0.4) is 0 Å². The molecule has 6 nitrogen and oxygen atoms in total. The highest BCUT2D eigenvalue weighted by Gasteiger charge is 2.24. The van der Waals surface area contributed by atoms with Gasteiger partial charge in [0.2, 0.25) is 0 Å². The fourth-order valence-electron chi connectivity index (χ4n) is 4.58. The summed E-state index contributed by atoms with van der Waals surface area (Å²) in [5.41, 5.74) is 10.6. The van der Waals surface area contributed by atoms with Gasteiger partial charge in [-0.2, -0.15) is 0 Å². The van der Waals surface area contributed by atoms with Crippen molar-refractivity contribution in [1.29, 1.82) is 0 Å². The van der Waals surface area contributed by atoms with E-state index in [0.29, 0.717) is 12.4 Å². The van der Waals surface area contributed by atoms with Crippen LogP contribution < -0.4 is 5.73 Å². The van der Waals surface area contributed by atoms with Crippen LogP contribution in [0, 0.1) is 0 Å². The zero-order valence-corrected chi connectivity index (χ0v) is 17.2. The summed E-state index contributed by atoms with van der Waals surface area (Å²) < 4.78 is 0. The van der Waals surface area contributed by atoms with Crippen molar-refractivity contribution < 1.29 is 4.79 Å². The first kappa shape index (κ1) is 19.0. The monoisotopic (exact) mass is 401 g/mol. The van der Waals surface area contributed by atoms with Crippen molar-refractivity contribution in [3.05, 3.63) is 65.0 Å². The average Bonchev–Trinajstić information content (AvgIpc) is 2.79. The van der Waals surface area contributed by atoms with Crippen LogP contribution in [0.1, 0.15) is 40.2 Å². The van der Waals surface area contributed by atoms with Gasteiger partial charge in [0.05, 0.1) is 12.1 Å². The van der Waals surface area contributed by atoms with Gasteiger partial charge in [0.15, 0.2) is 0 Å². The number of amides is 1. The summed E-state index contributed by atoms with van der Waals surface area (Å²) in [4.78, 5) is 26.4. The van der Waals surface area contributed by atoms with Crippen molar-refractivity contribution in [3.63, 3.8) is 0 Å². The Hall–Kier alpha value is -2.99. The highest BCUT2D eigenvalue weighted by Crippen LogP contribution is 2.23. The Morgan fingerprint density at radius 1 is 0.933 bits per heavy atom. The first-order valence-electron chi connectivity index (χ1n) is 10.8.